The number of carbonyl (C=O) groups excluding carboxylic acids is 1. The van der Waals surface area contributed by atoms with Gasteiger partial charge in [0.15, 0.2) is 5.11 Å². The Balaban J connectivity index is 2.08. The maximum Gasteiger partial charge on any atom is 0.257 e. The SMILES string of the molecule is Cc1ccc(C(=O)NC(=S)Nc2cccc(C)c2C)c(C)c1. The molecule has 1 amide bonds. The van der Waals surface area contributed by atoms with Gasteiger partial charge in [0.2, 0.25) is 0 Å². The Morgan fingerprint density at radius 1 is 1.00 bits per heavy atom. The molecule has 114 valence electrons. The van der Waals surface area contributed by atoms with E-state index in [9.17, 15) is 4.79 Å². The highest BCUT2D eigenvalue weighted by Crippen LogP contribution is 2.18. The van der Waals surface area contributed by atoms with Gasteiger partial charge in [0.25, 0.3) is 5.91 Å². The molecule has 0 radical (unpaired) electrons. The van der Waals surface area contributed by atoms with Crippen LogP contribution in [0.2, 0.25) is 0 Å². The highest BCUT2D eigenvalue weighted by atomic mass is 32.1. The van der Waals surface area contributed by atoms with Crippen molar-refractivity contribution in [1.82, 2.24) is 5.32 Å². The third kappa shape index (κ3) is 3.71. The van der Waals surface area contributed by atoms with Crippen molar-refractivity contribution in [2.75, 3.05) is 5.32 Å². The molecule has 0 fully saturated rings. The van der Waals surface area contributed by atoms with Crippen LogP contribution in [0.25, 0.3) is 0 Å². The van der Waals surface area contributed by atoms with Crippen LogP contribution < -0.4 is 10.6 Å². The number of hydrogen-bond donors (Lipinski definition) is 2. The first-order valence-electron chi connectivity index (χ1n) is 7.14. The molecule has 0 saturated carbocycles. The zero-order valence-corrected chi connectivity index (χ0v) is 14.1. The lowest BCUT2D eigenvalue weighted by Gasteiger charge is -2.14. The molecule has 0 spiro atoms. The van der Waals surface area contributed by atoms with E-state index in [1.165, 1.54) is 5.56 Å². The van der Waals surface area contributed by atoms with Gasteiger partial charge in [-0.25, -0.2) is 0 Å². The molecule has 2 aromatic rings. The lowest BCUT2D eigenvalue weighted by atomic mass is 10.1. The van der Waals surface area contributed by atoms with Gasteiger partial charge in [-0.15, -0.1) is 0 Å². The Morgan fingerprint density at radius 2 is 1.73 bits per heavy atom. The fourth-order valence-electron chi connectivity index (χ4n) is 2.28. The van der Waals surface area contributed by atoms with E-state index in [0.717, 1.165) is 22.4 Å². The zero-order valence-electron chi connectivity index (χ0n) is 13.3. The molecule has 0 aromatic heterocycles. The number of carbonyl (C=O) groups is 1. The molecular weight excluding hydrogens is 292 g/mol. The van der Waals surface area contributed by atoms with Crippen LogP contribution in [0, 0.1) is 27.7 Å². The lowest BCUT2D eigenvalue weighted by molar-refractivity contribution is 0.0977. The smallest absolute Gasteiger partial charge is 0.257 e. The van der Waals surface area contributed by atoms with Crippen molar-refractivity contribution in [3.8, 4) is 0 Å². The minimum absolute atomic E-state index is 0.194. The Kier molecular flexibility index (Phi) is 4.93. The average Bonchev–Trinajstić information content (AvgIpc) is 2.43. The van der Waals surface area contributed by atoms with Crippen LogP contribution in [0.4, 0.5) is 5.69 Å². The van der Waals surface area contributed by atoms with E-state index in [4.69, 9.17) is 12.2 Å². The van der Waals surface area contributed by atoms with Crippen LogP contribution in [0.1, 0.15) is 32.6 Å². The second kappa shape index (κ2) is 6.71. The monoisotopic (exact) mass is 312 g/mol. The Morgan fingerprint density at radius 3 is 2.41 bits per heavy atom. The molecule has 22 heavy (non-hydrogen) atoms. The number of nitrogens with one attached hydrogen (secondary N) is 2. The molecule has 0 atom stereocenters. The summed E-state index contributed by atoms with van der Waals surface area (Å²) in [5.74, 6) is -0.194. The summed E-state index contributed by atoms with van der Waals surface area (Å²) in [6.07, 6.45) is 0. The summed E-state index contributed by atoms with van der Waals surface area (Å²) in [7, 11) is 0. The summed E-state index contributed by atoms with van der Waals surface area (Å²) < 4.78 is 0. The Labute approximate surface area is 136 Å². The van der Waals surface area contributed by atoms with Crippen LogP contribution in [-0.2, 0) is 0 Å². The molecule has 2 rings (SSSR count). The zero-order chi connectivity index (χ0) is 16.3. The number of benzene rings is 2. The molecule has 2 N–H and O–H groups in total. The van der Waals surface area contributed by atoms with Gasteiger partial charge in [0, 0.05) is 11.3 Å². The standard InChI is InChI=1S/C18H20N2OS/c1-11-8-9-15(13(3)10-11)17(21)20-18(22)19-16-7-5-6-12(2)14(16)4/h5-10H,1-4H3,(H2,19,20,21,22). The second-order valence-corrected chi connectivity index (χ2v) is 5.88. The summed E-state index contributed by atoms with van der Waals surface area (Å²) in [4.78, 5) is 12.3. The summed E-state index contributed by atoms with van der Waals surface area (Å²) in [5, 5.41) is 6.12. The number of hydrogen-bond acceptors (Lipinski definition) is 2. The predicted molar refractivity (Wildman–Crippen MR) is 95.5 cm³/mol. The van der Waals surface area contributed by atoms with E-state index in [2.05, 4.69) is 10.6 Å². The lowest BCUT2D eigenvalue weighted by Crippen LogP contribution is -2.34. The quantitative estimate of drug-likeness (QED) is 0.822. The number of amides is 1. The highest BCUT2D eigenvalue weighted by Gasteiger charge is 2.11. The molecule has 0 saturated heterocycles. The fourth-order valence-corrected chi connectivity index (χ4v) is 2.48. The molecule has 0 aliphatic heterocycles. The molecular formula is C18H20N2OS. The maximum absolute atomic E-state index is 12.3. The van der Waals surface area contributed by atoms with Crippen molar-refractivity contribution < 1.29 is 4.79 Å². The summed E-state index contributed by atoms with van der Waals surface area (Å²) in [5.41, 5.74) is 5.90. The first kappa shape index (κ1) is 16.2. The van der Waals surface area contributed by atoms with Gasteiger partial charge in [-0.3, -0.25) is 10.1 Å². The predicted octanol–water partition coefficient (Wildman–Crippen LogP) is 4.05. The van der Waals surface area contributed by atoms with Crippen molar-refractivity contribution in [3.05, 3.63) is 64.2 Å². The van der Waals surface area contributed by atoms with Crippen LogP contribution in [0.3, 0.4) is 0 Å². The number of aryl methyl sites for hydroxylation is 3. The second-order valence-electron chi connectivity index (χ2n) is 5.47. The van der Waals surface area contributed by atoms with E-state index >= 15 is 0 Å². The normalized spacial score (nSPS) is 10.2. The van der Waals surface area contributed by atoms with Crippen molar-refractivity contribution >= 4 is 28.9 Å². The molecule has 0 aliphatic carbocycles. The van der Waals surface area contributed by atoms with Gasteiger partial charge >= 0.3 is 0 Å². The molecule has 3 nitrogen and oxygen atoms in total. The van der Waals surface area contributed by atoms with E-state index < -0.39 is 0 Å². The van der Waals surface area contributed by atoms with Crippen LogP contribution >= 0.6 is 12.2 Å². The number of anilines is 1. The van der Waals surface area contributed by atoms with Gasteiger partial charge in [0.1, 0.15) is 0 Å². The van der Waals surface area contributed by atoms with Crippen molar-refractivity contribution in [1.29, 1.82) is 0 Å². The van der Waals surface area contributed by atoms with Gasteiger partial charge in [0.05, 0.1) is 0 Å². The fraction of sp³-hybridized carbons (Fsp3) is 0.222. The van der Waals surface area contributed by atoms with E-state index in [-0.39, 0.29) is 5.91 Å². The van der Waals surface area contributed by atoms with Gasteiger partial charge in [-0.05, 0) is 68.7 Å². The van der Waals surface area contributed by atoms with Crippen LogP contribution in [0.5, 0.6) is 0 Å². The molecule has 0 unspecified atom stereocenters. The van der Waals surface area contributed by atoms with Crippen LogP contribution in [0.15, 0.2) is 36.4 Å². The number of rotatable bonds is 2. The Hall–Kier alpha value is -2.20. The van der Waals surface area contributed by atoms with E-state index in [0.29, 0.717) is 10.7 Å². The maximum atomic E-state index is 12.3. The first-order chi connectivity index (χ1) is 10.4. The first-order valence-corrected chi connectivity index (χ1v) is 7.55. The summed E-state index contributed by atoms with van der Waals surface area (Å²) >= 11 is 5.24. The topological polar surface area (TPSA) is 41.1 Å². The number of thiocarbonyl (C=S) groups is 1. The summed E-state index contributed by atoms with van der Waals surface area (Å²) in [6, 6.07) is 11.7. The largest absolute Gasteiger partial charge is 0.332 e. The third-order valence-corrected chi connectivity index (χ3v) is 3.91. The summed E-state index contributed by atoms with van der Waals surface area (Å²) in [6.45, 7) is 7.98. The molecule has 0 heterocycles. The molecule has 0 bridgehead atoms. The minimum atomic E-state index is -0.194. The van der Waals surface area contributed by atoms with Crippen molar-refractivity contribution in [3.63, 3.8) is 0 Å². The molecule has 0 aliphatic rings. The van der Waals surface area contributed by atoms with Gasteiger partial charge < -0.3 is 5.32 Å². The van der Waals surface area contributed by atoms with Crippen molar-refractivity contribution in [2.45, 2.75) is 27.7 Å². The third-order valence-electron chi connectivity index (χ3n) is 3.71. The van der Waals surface area contributed by atoms with E-state index in [1.807, 2.05) is 64.1 Å². The molecule has 4 heteroatoms. The van der Waals surface area contributed by atoms with Gasteiger partial charge in [-0.2, -0.15) is 0 Å². The Bertz CT molecular complexity index is 738. The van der Waals surface area contributed by atoms with Crippen LogP contribution in [-0.4, -0.2) is 11.0 Å². The van der Waals surface area contributed by atoms with Crippen molar-refractivity contribution in [2.24, 2.45) is 0 Å². The minimum Gasteiger partial charge on any atom is -0.332 e. The van der Waals surface area contributed by atoms with E-state index in [1.54, 1.807) is 0 Å². The highest BCUT2D eigenvalue weighted by molar-refractivity contribution is 7.80. The van der Waals surface area contributed by atoms with Gasteiger partial charge in [-0.1, -0.05) is 29.8 Å². The molecule has 2 aromatic carbocycles. The average molecular weight is 312 g/mol.